The molecule has 0 fully saturated rings. The van der Waals surface area contributed by atoms with Crippen molar-refractivity contribution >= 4 is 39.3 Å². The standard InChI is InChI=1S/C34H36N6O/c1-21(2)34-39-31(32-33(35)37-20-29(40(32)34)22-15-17-24(36-3)18-16-22)28-14-8-12-26-23(9-7-13-27(26)28)19-30(41)38-25-10-5-4-6-11-25/h4-15,20-21,24,36H,16-19H2,1-3H3,(H2,35,37)(H,38,41). The first kappa shape index (κ1) is 26.7. The van der Waals surface area contributed by atoms with E-state index < -0.39 is 0 Å². The molecule has 1 aliphatic rings. The molecule has 1 unspecified atom stereocenters. The maximum atomic E-state index is 12.9. The number of amides is 1. The second-order valence-corrected chi connectivity index (χ2v) is 11.1. The van der Waals surface area contributed by atoms with Gasteiger partial charge in [-0.05, 0) is 60.4 Å². The number of fused-ring (bicyclic) bond motifs is 2. The van der Waals surface area contributed by atoms with Crippen LogP contribution in [-0.4, -0.2) is 33.4 Å². The Morgan fingerprint density at radius 2 is 1.83 bits per heavy atom. The van der Waals surface area contributed by atoms with Crippen LogP contribution in [0, 0.1) is 0 Å². The van der Waals surface area contributed by atoms with Crippen LogP contribution in [0.5, 0.6) is 0 Å². The molecule has 6 rings (SSSR count). The lowest BCUT2D eigenvalue weighted by atomic mass is 9.93. The van der Waals surface area contributed by atoms with Crippen molar-refractivity contribution in [2.45, 2.75) is 51.5 Å². The van der Waals surface area contributed by atoms with Gasteiger partial charge in [-0.15, -0.1) is 0 Å². The summed E-state index contributed by atoms with van der Waals surface area (Å²) in [6, 6.07) is 22.4. The fraction of sp³-hybridized carbons (Fsp3) is 0.265. The van der Waals surface area contributed by atoms with E-state index in [1.807, 2.05) is 61.8 Å². The Morgan fingerprint density at radius 1 is 1.05 bits per heavy atom. The largest absolute Gasteiger partial charge is 0.382 e. The summed E-state index contributed by atoms with van der Waals surface area (Å²) in [5.41, 5.74) is 13.3. The van der Waals surface area contributed by atoms with Crippen molar-refractivity contribution in [3.63, 3.8) is 0 Å². The molecule has 0 saturated carbocycles. The Kier molecular flexibility index (Phi) is 7.28. The first-order chi connectivity index (χ1) is 19.9. The number of nitrogens with one attached hydrogen (secondary N) is 2. The predicted molar refractivity (Wildman–Crippen MR) is 168 cm³/mol. The van der Waals surface area contributed by atoms with Gasteiger partial charge in [-0.1, -0.05) is 74.5 Å². The molecule has 3 aromatic carbocycles. The summed E-state index contributed by atoms with van der Waals surface area (Å²) < 4.78 is 2.23. The summed E-state index contributed by atoms with van der Waals surface area (Å²) in [5.74, 6) is 1.55. The molecule has 2 heterocycles. The second-order valence-electron chi connectivity index (χ2n) is 11.1. The van der Waals surface area contributed by atoms with E-state index in [0.29, 0.717) is 11.9 Å². The molecule has 7 heteroatoms. The van der Waals surface area contributed by atoms with Gasteiger partial charge < -0.3 is 16.4 Å². The summed E-state index contributed by atoms with van der Waals surface area (Å²) in [4.78, 5) is 22.8. The van der Waals surface area contributed by atoms with Crippen LogP contribution >= 0.6 is 0 Å². The normalized spacial score (nSPS) is 15.4. The minimum atomic E-state index is -0.0528. The number of carbonyl (C=O) groups is 1. The van der Waals surface area contributed by atoms with E-state index >= 15 is 0 Å². The monoisotopic (exact) mass is 544 g/mol. The SMILES string of the molecule is CNC1CC=C(c2cnc(N)c3c(-c4cccc5c(CC(=O)Nc6ccccc6)cccc45)nc(C(C)C)n23)CC1. The molecule has 1 aliphatic carbocycles. The van der Waals surface area contributed by atoms with Crippen molar-refractivity contribution < 1.29 is 4.79 Å². The van der Waals surface area contributed by atoms with Gasteiger partial charge in [-0.25, -0.2) is 9.97 Å². The Labute approximate surface area is 240 Å². The molecule has 0 spiro atoms. The lowest BCUT2D eigenvalue weighted by molar-refractivity contribution is -0.115. The topological polar surface area (TPSA) is 97.3 Å². The van der Waals surface area contributed by atoms with Gasteiger partial charge in [0.25, 0.3) is 0 Å². The molecule has 5 aromatic rings. The highest BCUT2D eigenvalue weighted by molar-refractivity contribution is 6.04. The quantitative estimate of drug-likeness (QED) is 0.215. The van der Waals surface area contributed by atoms with E-state index in [-0.39, 0.29) is 18.2 Å². The smallest absolute Gasteiger partial charge is 0.228 e. The predicted octanol–water partition coefficient (Wildman–Crippen LogP) is 6.59. The minimum absolute atomic E-state index is 0.0528. The molecule has 0 bridgehead atoms. The number of benzene rings is 3. The van der Waals surface area contributed by atoms with E-state index in [2.05, 4.69) is 58.1 Å². The molecule has 7 nitrogen and oxygen atoms in total. The number of nitrogens with two attached hydrogens (primary N) is 1. The molecular formula is C34H36N6O. The fourth-order valence-electron chi connectivity index (χ4n) is 5.93. The average molecular weight is 545 g/mol. The van der Waals surface area contributed by atoms with Gasteiger partial charge in [0.2, 0.25) is 5.91 Å². The molecule has 208 valence electrons. The molecule has 1 atom stereocenters. The number of para-hydroxylation sites is 1. The van der Waals surface area contributed by atoms with Gasteiger partial charge in [0.15, 0.2) is 0 Å². The number of rotatable bonds is 7. The van der Waals surface area contributed by atoms with Crippen molar-refractivity contribution in [2.75, 3.05) is 18.1 Å². The fourth-order valence-corrected chi connectivity index (χ4v) is 5.93. The Hall–Kier alpha value is -4.49. The number of hydrogen-bond acceptors (Lipinski definition) is 5. The number of anilines is 2. The van der Waals surface area contributed by atoms with Gasteiger partial charge in [0, 0.05) is 23.2 Å². The molecule has 2 aromatic heterocycles. The van der Waals surface area contributed by atoms with Gasteiger partial charge in [-0.3, -0.25) is 9.20 Å². The van der Waals surface area contributed by atoms with E-state index in [4.69, 9.17) is 10.7 Å². The number of imidazole rings is 1. The van der Waals surface area contributed by atoms with E-state index in [1.165, 1.54) is 5.57 Å². The zero-order chi connectivity index (χ0) is 28.5. The highest BCUT2D eigenvalue weighted by Gasteiger charge is 2.24. The lowest BCUT2D eigenvalue weighted by Gasteiger charge is -2.22. The van der Waals surface area contributed by atoms with Crippen LogP contribution in [0.1, 0.15) is 56.1 Å². The summed E-state index contributed by atoms with van der Waals surface area (Å²) in [6.45, 7) is 4.33. The van der Waals surface area contributed by atoms with Crippen LogP contribution in [0.15, 0.2) is 79.0 Å². The molecule has 0 saturated heterocycles. The van der Waals surface area contributed by atoms with Gasteiger partial charge in [0.05, 0.1) is 18.3 Å². The maximum Gasteiger partial charge on any atom is 0.228 e. The van der Waals surface area contributed by atoms with Crippen molar-refractivity contribution in [3.8, 4) is 11.3 Å². The first-order valence-electron chi connectivity index (χ1n) is 14.3. The number of hydrogen-bond donors (Lipinski definition) is 3. The van der Waals surface area contributed by atoms with Crippen molar-refractivity contribution in [1.29, 1.82) is 0 Å². The maximum absolute atomic E-state index is 12.9. The van der Waals surface area contributed by atoms with Crippen LogP contribution in [-0.2, 0) is 11.2 Å². The molecule has 0 aliphatic heterocycles. The number of aromatic nitrogens is 3. The van der Waals surface area contributed by atoms with Crippen molar-refractivity contribution in [2.24, 2.45) is 0 Å². The van der Waals surface area contributed by atoms with Crippen molar-refractivity contribution in [3.05, 3.63) is 96.1 Å². The Morgan fingerprint density at radius 3 is 2.56 bits per heavy atom. The molecule has 0 radical (unpaired) electrons. The minimum Gasteiger partial charge on any atom is -0.382 e. The molecule has 4 N–H and O–H groups in total. The number of nitrogens with zero attached hydrogens (tertiary/aromatic N) is 3. The van der Waals surface area contributed by atoms with E-state index in [0.717, 1.165) is 69.6 Å². The molecule has 1 amide bonds. The third kappa shape index (κ3) is 5.09. The average Bonchev–Trinajstić information content (AvgIpc) is 3.40. The zero-order valence-electron chi connectivity index (χ0n) is 23.8. The number of nitrogen functional groups attached to an aromatic ring is 1. The van der Waals surface area contributed by atoms with Crippen LogP contribution in [0.25, 0.3) is 33.1 Å². The van der Waals surface area contributed by atoms with E-state index in [9.17, 15) is 4.79 Å². The summed E-state index contributed by atoms with van der Waals surface area (Å²) >= 11 is 0. The Balaban J connectivity index is 1.47. The summed E-state index contributed by atoms with van der Waals surface area (Å²) in [5, 5.41) is 8.46. The van der Waals surface area contributed by atoms with E-state index in [1.54, 1.807) is 0 Å². The van der Waals surface area contributed by atoms with Crippen LogP contribution in [0.3, 0.4) is 0 Å². The highest BCUT2D eigenvalue weighted by atomic mass is 16.1. The van der Waals surface area contributed by atoms with Gasteiger partial charge >= 0.3 is 0 Å². The summed E-state index contributed by atoms with van der Waals surface area (Å²) in [6.07, 6.45) is 7.53. The van der Waals surface area contributed by atoms with Gasteiger partial charge in [0.1, 0.15) is 22.9 Å². The van der Waals surface area contributed by atoms with Crippen molar-refractivity contribution in [1.82, 2.24) is 19.7 Å². The lowest BCUT2D eigenvalue weighted by Crippen LogP contribution is -2.26. The summed E-state index contributed by atoms with van der Waals surface area (Å²) in [7, 11) is 2.02. The zero-order valence-corrected chi connectivity index (χ0v) is 23.8. The van der Waals surface area contributed by atoms with Crippen LogP contribution < -0.4 is 16.4 Å². The van der Waals surface area contributed by atoms with Crippen LogP contribution in [0.4, 0.5) is 11.5 Å². The molecule has 41 heavy (non-hydrogen) atoms. The second kappa shape index (κ2) is 11.2. The van der Waals surface area contributed by atoms with Gasteiger partial charge in [-0.2, -0.15) is 0 Å². The third-order valence-corrected chi connectivity index (χ3v) is 8.05. The molecular weight excluding hydrogens is 508 g/mol. The van der Waals surface area contributed by atoms with Crippen LogP contribution in [0.2, 0.25) is 0 Å². The Bertz CT molecular complexity index is 1770. The first-order valence-corrected chi connectivity index (χ1v) is 14.3. The highest BCUT2D eigenvalue weighted by Crippen LogP contribution is 2.38. The number of carbonyl (C=O) groups excluding carboxylic acids is 1. The third-order valence-electron chi connectivity index (χ3n) is 8.05. The number of allylic oxidation sites excluding steroid dienone is 1.